The lowest BCUT2D eigenvalue weighted by atomic mass is 10.2. The van der Waals surface area contributed by atoms with E-state index >= 15 is 0 Å². The van der Waals surface area contributed by atoms with E-state index in [4.69, 9.17) is 4.74 Å². The number of nitrogens with one attached hydrogen (secondary N) is 1. The zero-order valence-electron chi connectivity index (χ0n) is 14.0. The molecule has 0 amide bonds. The van der Waals surface area contributed by atoms with Crippen LogP contribution in [0.2, 0.25) is 0 Å². The SMILES string of the molecule is c1ccc(OCc2ccccc2Nc2cc(-n3ccnc3)ncn2)cc1. The van der Waals surface area contributed by atoms with Gasteiger partial charge in [0, 0.05) is 29.7 Å². The van der Waals surface area contributed by atoms with Crippen molar-refractivity contribution in [1.29, 1.82) is 0 Å². The van der Waals surface area contributed by atoms with Crippen molar-refractivity contribution in [2.75, 3.05) is 5.32 Å². The van der Waals surface area contributed by atoms with Gasteiger partial charge in [0.1, 0.15) is 36.6 Å². The molecule has 0 saturated carbocycles. The van der Waals surface area contributed by atoms with Crippen LogP contribution in [-0.2, 0) is 6.61 Å². The minimum absolute atomic E-state index is 0.465. The van der Waals surface area contributed by atoms with Gasteiger partial charge in [-0.2, -0.15) is 0 Å². The van der Waals surface area contributed by atoms with Crippen molar-refractivity contribution in [1.82, 2.24) is 19.5 Å². The average molecular weight is 343 g/mol. The lowest BCUT2D eigenvalue weighted by Gasteiger charge is -2.13. The van der Waals surface area contributed by atoms with E-state index in [1.807, 2.05) is 71.4 Å². The molecule has 0 aliphatic carbocycles. The number of anilines is 2. The normalized spacial score (nSPS) is 10.5. The van der Waals surface area contributed by atoms with Gasteiger partial charge in [0.15, 0.2) is 0 Å². The maximum absolute atomic E-state index is 5.87. The fraction of sp³-hybridized carbons (Fsp3) is 0.0500. The topological polar surface area (TPSA) is 64.9 Å². The van der Waals surface area contributed by atoms with Crippen molar-refractivity contribution >= 4 is 11.5 Å². The predicted octanol–water partition coefficient (Wildman–Crippen LogP) is 3.98. The van der Waals surface area contributed by atoms with Gasteiger partial charge in [0.25, 0.3) is 0 Å². The molecule has 2 aromatic heterocycles. The van der Waals surface area contributed by atoms with E-state index in [1.54, 1.807) is 12.5 Å². The summed E-state index contributed by atoms with van der Waals surface area (Å²) in [6.07, 6.45) is 6.79. The number of ether oxygens (including phenoxy) is 1. The number of rotatable bonds is 6. The Morgan fingerprint density at radius 2 is 1.81 bits per heavy atom. The highest BCUT2D eigenvalue weighted by molar-refractivity contribution is 5.61. The second-order valence-corrected chi connectivity index (χ2v) is 5.62. The molecule has 0 fully saturated rings. The Morgan fingerprint density at radius 1 is 0.962 bits per heavy atom. The maximum Gasteiger partial charge on any atom is 0.143 e. The van der Waals surface area contributed by atoms with Gasteiger partial charge in [-0.3, -0.25) is 4.57 Å². The molecule has 0 aliphatic rings. The Morgan fingerprint density at radius 3 is 2.65 bits per heavy atom. The summed E-state index contributed by atoms with van der Waals surface area (Å²) < 4.78 is 7.70. The van der Waals surface area contributed by atoms with E-state index in [-0.39, 0.29) is 0 Å². The molecule has 4 aromatic rings. The second-order valence-electron chi connectivity index (χ2n) is 5.62. The lowest BCUT2D eigenvalue weighted by molar-refractivity contribution is 0.307. The first kappa shape index (κ1) is 15.8. The van der Waals surface area contributed by atoms with Gasteiger partial charge in [-0.1, -0.05) is 36.4 Å². The van der Waals surface area contributed by atoms with Crippen molar-refractivity contribution in [2.45, 2.75) is 6.61 Å². The van der Waals surface area contributed by atoms with E-state index in [9.17, 15) is 0 Å². The third-order valence-electron chi connectivity index (χ3n) is 3.84. The minimum atomic E-state index is 0.465. The Balaban J connectivity index is 1.53. The molecule has 0 bridgehead atoms. The molecule has 0 unspecified atom stereocenters. The number of hydrogen-bond acceptors (Lipinski definition) is 5. The van der Waals surface area contributed by atoms with Crippen LogP contribution in [0.25, 0.3) is 5.82 Å². The number of nitrogens with zero attached hydrogens (tertiary/aromatic N) is 4. The van der Waals surface area contributed by atoms with E-state index in [2.05, 4.69) is 20.3 Å². The Hall–Kier alpha value is -3.67. The summed E-state index contributed by atoms with van der Waals surface area (Å²) >= 11 is 0. The standard InChI is InChI=1S/C20H17N5O/c1-2-7-17(8-3-1)26-13-16-6-4-5-9-18(16)24-19-12-20(23-14-22-19)25-11-10-21-15-25/h1-12,14-15H,13H2,(H,22,23,24). The Labute approximate surface area is 151 Å². The van der Waals surface area contributed by atoms with Gasteiger partial charge in [-0.25, -0.2) is 15.0 Å². The van der Waals surface area contributed by atoms with Crippen molar-refractivity contribution in [3.8, 4) is 11.6 Å². The summed E-state index contributed by atoms with van der Waals surface area (Å²) in [4.78, 5) is 12.6. The van der Waals surface area contributed by atoms with Gasteiger partial charge in [0.2, 0.25) is 0 Å². The van der Waals surface area contributed by atoms with Gasteiger partial charge in [-0.15, -0.1) is 0 Å². The minimum Gasteiger partial charge on any atom is -0.489 e. The number of hydrogen-bond donors (Lipinski definition) is 1. The average Bonchev–Trinajstić information content (AvgIpc) is 3.23. The number of imidazole rings is 1. The van der Waals surface area contributed by atoms with Crippen LogP contribution in [0.5, 0.6) is 5.75 Å². The molecule has 0 aliphatic heterocycles. The summed E-state index contributed by atoms with van der Waals surface area (Å²) in [6.45, 7) is 0.465. The highest BCUT2D eigenvalue weighted by Gasteiger charge is 2.06. The highest BCUT2D eigenvalue weighted by Crippen LogP contribution is 2.22. The Bertz CT molecular complexity index is 970. The molecule has 128 valence electrons. The van der Waals surface area contributed by atoms with Gasteiger partial charge < -0.3 is 10.1 Å². The van der Waals surface area contributed by atoms with Crippen LogP contribution in [0.1, 0.15) is 5.56 Å². The first-order valence-electron chi connectivity index (χ1n) is 8.22. The zero-order chi connectivity index (χ0) is 17.6. The monoisotopic (exact) mass is 343 g/mol. The predicted molar refractivity (Wildman–Crippen MR) is 99.7 cm³/mol. The van der Waals surface area contributed by atoms with Gasteiger partial charge in [0.05, 0.1) is 0 Å². The largest absolute Gasteiger partial charge is 0.489 e. The maximum atomic E-state index is 5.87. The highest BCUT2D eigenvalue weighted by atomic mass is 16.5. The summed E-state index contributed by atoms with van der Waals surface area (Å²) in [7, 11) is 0. The first-order chi connectivity index (χ1) is 12.9. The number of aromatic nitrogens is 4. The van der Waals surface area contributed by atoms with Crippen LogP contribution in [0.3, 0.4) is 0 Å². The smallest absolute Gasteiger partial charge is 0.143 e. The first-order valence-corrected chi connectivity index (χ1v) is 8.22. The fourth-order valence-electron chi connectivity index (χ4n) is 2.54. The molecule has 0 atom stereocenters. The molecule has 6 heteroatoms. The van der Waals surface area contributed by atoms with Crippen molar-refractivity contribution in [3.05, 3.63) is 91.3 Å². The number of benzene rings is 2. The van der Waals surface area contributed by atoms with Crippen molar-refractivity contribution < 1.29 is 4.74 Å². The quantitative estimate of drug-likeness (QED) is 0.573. The van der Waals surface area contributed by atoms with Crippen LogP contribution in [0.15, 0.2) is 85.7 Å². The Kier molecular flexibility index (Phi) is 4.56. The summed E-state index contributed by atoms with van der Waals surface area (Å²) in [5.74, 6) is 2.29. The van der Waals surface area contributed by atoms with Crippen molar-refractivity contribution in [2.24, 2.45) is 0 Å². The fourth-order valence-corrected chi connectivity index (χ4v) is 2.54. The molecule has 0 spiro atoms. The van der Waals surface area contributed by atoms with Crippen molar-refractivity contribution in [3.63, 3.8) is 0 Å². The van der Waals surface area contributed by atoms with Crippen LogP contribution in [0.4, 0.5) is 11.5 Å². The molecule has 6 nitrogen and oxygen atoms in total. The summed E-state index contributed by atoms with van der Waals surface area (Å²) in [5, 5.41) is 3.35. The second kappa shape index (κ2) is 7.48. The molecular weight excluding hydrogens is 326 g/mol. The van der Waals surface area contributed by atoms with E-state index in [0.29, 0.717) is 12.4 Å². The summed E-state index contributed by atoms with van der Waals surface area (Å²) in [5.41, 5.74) is 1.98. The van der Waals surface area contributed by atoms with Crippen LogP contribution >= 0.6 is 0 Å². The molecule has 2 aromatic carbocycles. The van der Waals surface area contributed by atoms with Crippen LogP contribution in [-0.4, -0.2) is 19.5 Å². The molecule has 4 rings (SSSR count). The summed E-state index contributed by atoms with van der Waals surface area (Å²) in [6, 6.07) is 19.6. The third kappa shape index (κ3) is 3.70. The zero-order valence-corrected chi connectivity index (χ0v) is 14.0. The van der Waals surface area contributed by atoms with Gasteiger partial charge in [-0.05, 0) is 18.2 Å². The van der Waals surface area contributed by atoms with E-state index < -0.39 is 0 Å². The lowest BCUT2D eigenvalue weighted by Crippen LogP contribution is -2.03. The molecule has 0 saturated heterocycles. The molecule has 1 N–H and O–H groups in total. The number of para-hydroxylation sites is 2. The van der Waals surface area contributed by atoms with Crippen LogP contribution in [0, 0.1) is 0 Å². The van der Waals surface area contributed by atoms with E-state index in [0.717, 1.165) is 22.8 Å². The van der Waals surface area contributed by atoms with Gasteiger partial charge >= 0.3 is 0 Å². The molecular formula is C20H17N5O. The molecule has 0 radical (unpaired) electrons. The van der Waals surface area contributed by atoms with Crippen LogP contribution < -0.4 is 10.1 Å². The molecule has 26 heavy (non-hydrogen) atoms. The molecule has 2 heterocycles. The van der Waals surface area contributed by atoms with E-state index in [1.165, 1.54) is 6.33 Å². The third-order valence-corrected chi connectivity index (χ3v) is 3.84.